The summed E-state index contributed by atoms with van der Waals surface area (Å²) in [6.07, 6.45) is 5.41. The molecule has 0 spiro atoms. The Morgan fingerprint density at radius 2 is 1.94 bits per heavy atom. The van der Waals surface area contributed by atoms with E-state index in [4.69, 9.17) is 0 Å². The Bertz CT molecular complexity index is 929. The summed E-state index contributed by atoms with van der Waals surface area (Å²) in [5.41, 5.74) is 7.20. The maximum Gasteiger partial charge on any atom is 0.317 e. The van der Waals surface area contributed by atoms with E-state index in [2.05, 4.69) is 62.0 Å². The summed E-state index contributed by atoms with van der Waals surface area (Å²) in [7, 11) is 0. The minimum atomic E-state index is 0.0868. The van der Waals surface area contributed by atoms with E-state index in [9.17, 15) is 4.79 Å². The van der Waals surface area contributed by atoms with Crippen LogP contribution in [0.2, 0.25) is 0 Å². The number of carbonyl (C=O) groups excluding carboxylic acids is 1. The molecule has 2 aliphatic rings. The standard InChI is InChI=1S/C26H40N4O/c1-6-11-30-16-18(27-26(31)29(9-4)10-5)14-19-20-12-17(7-2)13-23-25(20)21(15-24(19)30)22(8-3)28-23/h12-13,18-19,24,28H,6-11,14-16H2,1-5H3,(H,27,31)/t18-,19+,24+/m0/s1. The van der Waals surface area contributed by atoms with Crippen molar-refractivity contribution in [3.63, 3.8) is 0 Å². The Balaban J connectivity index is 1.72. The molecule has 5 nitrogen and oxygen atoms in total. The third-order valence-corrected chi connectivity index (χ3v) is 7.57. The van der Waals surface area contributed by atoms with E-state index < -0.39 is 0 Å². The first-order chi connectivity index (χ1) is 15.0. The Morgan fingerprint density at radius 3 is 2.58 bits per heavy atom. The Kier molecular flexibility index (Phi) is 6.61. The molecule has 1 fully saturated rings. The largest absolute Gasteiger partial charge is 0.358 e. The quantitative estimate of drug-likeness (QED) is 0.668. The second-order valence-corrected chi connectivity index (χ2v) is 9.32. The molecule has 2 aromatic rings. The van der Waals surface area contributed by atoms with Crippen molar-refractivity contribution in [1.29, 1.82) is 0 Å². The number of nitrogens with one attached hydrogen (secondary N) is 2. The zero-order valence-electron chi connectivity index (χ0n) is 20.1. The van der Waals surface area contributed by atoms with Crippen LogP contribution >= 0.6 is 0 Å². The van der Waals surface area contributed by atoms with Crippen LogP contribution in [0.3, 0.4) is 0 Å². The van der Waals surface area contributed by atoms with E-state index in [0.29, 0.717) is 12.0 Å². The van der Waals surface area contributed by atoms with Crippen molar-refractivity contribution < 1.29 is 4.79 Å². The van der Waals surface area contributed by atoms with Crippen LogP contribution < -0.4 is 5.32 Å². The van der Waals surface area contributed by atoms with Crippen molar-refractivity contribution in [3.05, 3.63) is 34.5 Å². The van der Waals surface area contributed by atoms with Gasteiger partial charge in [-0.1, -0.05) is 26.8 Å². The zero-order chi connectivity index (χ0) is 22.1. The van der Waals surface area contributed by atoms with E-state index in [1.54, 1.807) is 5.56 Å². The maximum atomic E-state index is 12.8. The number of H-pyrrole nitrogens is 1. The zero-order valence-corrected chi connectivity index (χ0v) is 20.1. The fourth-order valence-electron chi connectivity index (χ4n) is 6.03. The summed E-state index contributed by atoms with van der Waals surface area (Å²) in [6.45, 7) is 14.4. The molecule has 170 valence electrons. The smallest absolute Gasteiger partial charge is 0.317 e. The first kappa shape index (κ1) is 22.2. The van der Waals surface area contributed by atoms with Crippen molar-refractivity contribution in [3.8, 4) is 0 Å². The number of likely N-dealkylation sites (tertiary alicyclic amines) is 1. The van der Waals surface area contributed by atoms with Gasteiger partial charge in [0.05, 0.1) is 0 Å². The van der Waals surface area contributed by atoms with Crippen molar-refractivity contribution in [2.45, 2.75) is 84.7 Å². The van der Waals surface area contributed by atoms with Gasteiger partial charge < -0.3 is 15.2 Å². The van der Waals surface area contributed by atoms with Gasteiger partial charge in [-0.15, -0.1) is 0 Å². The van der Waals surface area contributed by atoms with E-state index in [1.807, 2.05) is 4.90 Å². The second kappa shape index (κ2) is 9.23. The molecular formula is C26H40N4O. The molecule has 5 heteroatoms. The number of hydrogen-bond donors (Lipinski definition) is 2. The van der Waals surface area contributed by atoms with E-state index in [-0.39, 0.29) is 12.1 Å². The maximum absolute atomic E-state index is 12.8. The first-order valence-electron chi connectivity index (χ1n) is 12.5. The number of aromatic nitrogens is 1. The van der Waals surface area contributed by atoms with Crippen molar-refractivity contribution in [2.75, 3.05) is 26.2 Å². The van der Waals surface area contributed by atoms with Gasteiger partial charge in [-0.3, -0.25) is 4.90 Å². The average Bonchev–Trinajstić information content (AvgIpc) is 3.13. The molecule has 3 atom stereocenters. The molecule has 4 rings (SSSR count). The van der Waals surface area contributed by atoms with Crippen LogP contribution in [0.4, 0.5) is 4.79 Å². The van der Waals surface area contributed by atoms with Crippen LogP contribution in [0, 0.1) is 0 Å². The number of aromatic amines is 1. The molecule has 2 amide bonds. The second-order valence-electron chi connectivity index (χ2n) is 9.32. The molecule has 0 unspecified atom stereocenters. The molecule has 0 bridgehead atoms. The lowest BCUT2D eigenvalue weighted by Crippen LogP contribution is -2.58. The Hall–Kier alpha value is -2.01. The molecule has 1 saturated heterocycles. The number of hydrogen-bond acceptors (Lipinski definition) is 2. The molecule has 0 saturated carbocycles. The van der Waals surface area contributed by atoms with Crippen LogP contribution in [0.25, 0.3) is 10.9 Å². The predicted octanol–water partition coefficient (Wildman–Crippen LogP) is 4.84. The number of rotatable bonds is 7. The molecule has 1 aliphatic heterocycles. The number of benzene rings is 1. The van der Waals surface area contributed by atoms with Crippen LogP contribution in [0.15, 0.2) is 12.1 Å². The van der Waals surface area contributed by atoms with Crippen LogP contribution in [-0.2, 0) is 19.3 Å². The normalized spacial score (nSPS) is 23.1. The number of carbonyl (C=O) groups is 1. The molecule has 1 aliphatic carbocycles. The lowest BCUT2D eigenvalue weighted by Gasteiger charge is -2.47. The highest BCUT2D eigenvalue weighted by atomic mass is 16.2. The number of piperidine rings is 1. The van der Waals surface area contributed by atoms with Gasteiger partial charge >= 0.3 is 6.03 Å². The molecule has 31 heavy (non-hydrogen) atoms. The highest BCUT2D eigenvalue weighted by molar-refractivity contribution is 5.90. The van der Waals surface area contributed by atoms with Gasteiger partial charge in [-0.05, 0) is 75.3 Å². The highest BCUT2D eigenvalue weighted by Gasteiger charge is 2.42. The number of urea groups is 1. The van der Waals surface area contributed by atoms with Gasteiger partial charge in [0.15, 0.2) is 0 Å². The molecule has 1 aromatic carbocycles. The average molecular weight is 425 g/mol. The molecule has 2 N–H and O–H groups in total. The van der Waals surface area contributed by atoms with Gasteiger partial charge in [-0.25, -0.2) is 4.79 Å². The highest BCUT2D eigenvalue weighted by Crippen LogP contribution is 2.45. The SMILES string of the molecule is CCCN1C[C@@H](NC(=O)N(CC)CC)C[C@@H]2c3cc(CC)cc4[nH]c(CC)c(c34)C[C@H]21. The van der Waals surface area contributed by atoms with Crippen molar-refractivity contribution >= 4 is 16.9 Å². The van der Waals surface area contributed by atoms with Crippen molar-refractivity contribution in [2.24, 2.45) is 0 Å². The topological polar surface area (TPSA) is 51.4 Å². The lowest BCUT2D eigenvalue weighted by molar-refractivity contribution is 0.0978. The minimum Gasteiger partial charge on any atom is -0.358 e. The summed E-state index contributed by atoms with van der Waals surface area (Å²) < 4.78 is 0. The first-order valence-corrected chi connectivity index (χ1v) is 12.5. The van der Waals surface area contributed by atoms with Gasteiger partial charge in [-0.2, -0.15) is 0 Å². The Morgan fingerprint density at radius 1 is 1.16 bits per heavy atom. The van der Waals surface area contributed by atoms with Gasteiger partial charge in [0, 0.05) is 54.2 Å². The van der Waals surface area contributed by atoms with Crippen LogP contribution in [-0.4, -0.2) is 59.1 Å². The number of amides is 2. The van der Waals surface area contributed by atoms with E-state index >= 15 is 0 Å². The number of nitrogens with zero attached hydrogens (tertiary/aromatic N) is 2. The lowest BCUT2D eigenvalue weighted by atomic mass is 9.72. The summed E-state index contributed by atoms with van der Waals surface area (Å²) >= 11 is 0. The molecular weight excluding hydrogens is 384 g/mol. The van der Waals surface area contributed by atoms with Gasteiger partial charge in [0.2, 0.25) is 0 Å². The monoisotopic (exact) mass is 424 g/mol. The molecule has 1 aromatic heterocycles. The Labute approximate surface area is 187 Å². The van der Waals surface area contributed by atoms with Crippen LogP contribution in [0.1, 0.15) is 75.8 Å². The minimum absolute atomic E-state index is 0.0868. The third-order valence-electron chi connectivity index (χ3n) is 7.57. The predicted molar refractivity (Wildman–Crippen MR) is 129 cm³/mol. The summed E-state index contributed by atoms with van der Waals surface area (Å²) in [4.78, 5) is 21.1. The van der Waals surface area contributed by atoms with Crippen molar-refractivity contribution in [1.82, 2.24) is 20.1 Å². The fraction of sp³-hybridized carbons (Fsp3) is 0.654. The summed E-state index contributed by atoms with van der Waals surface area (Å²) in [5.74, 6) is 0.476. The summed E-state index contributed by atoms with van der Waals surface area (Å²) in [5, 5.41) is 4.86. The van der Waals surface area contributed by atoms with Gasteiger partial charge in [0.25, 0.3) is 0 Å². The summed E-state index contributed by atoms with van der Waals surface area (Å²) in [6, 6.07) is 5.64. The third kappa shape index (κ3) is 3.97. The number of aryl methyl sites for hydroxylation is 2. The van der Waals surface area contributed by atoms with Crippen LogP contribution in [0.5, 0.6) is 0 Å². The van der Waals surface area contributed by atoms with E-state index in [0.717, 1.165) is 58.3 Å². The number of fused-ring (bicyclic) bond motifs is 2. The molecule has 0 radical (unpaired) electrons. The van der Waals surface area contributed by atoms with E-state index in [1.165, 1.54) is 27.7 Å². The fourth-order valence-corrected chi connectivity index (χ4v) is 6.03. The van der Waals surface area contributed by atoms with Gasteiger partial charge in [0.1, 0.15) is 0 Å². The molecule has 2 heterocycles.